The van der Waals surface area contributed by atoms with Crippen molar-refractivity contribution < 1.29 is 18.7 Å². The van der Waals surface area contributed by atoms with Crippen molar-refractivity contribution in [2.75, 3.05) is 20.2 Å². The van der Waals surface area contributed by atoms with Crippen molar-refractivity contribution in [1.82, 2.24) is 4.90 Å². The quantitative estimate of drug-likeness (QED) is 0.596. The lowest BCUT2D eigenvalue weighted by molar-refractivity contribution is -0.140. The molecule has 1 aromatic rings. The molecule has 1 heterocycles. The van der Waals surface area contributed by atoms with E-state index in [-0.39, 0.29) is 30.6 Å². The summed E-state index contributed by atoms with van der Waals surface area (Å²) < 4.78 is 10.2. The summed E-state index contributed by atoms with van der Waals surface area (Å²) in [6.07, 6.45) is 1.73. The highest BCUT2D eigenvalue weighted by atomic mass is 79.9. The Hall–Kier alpha value is -1.56. The van der Waals surface area contributed by atoms with Crippen LogP contribution in [0.25, 0.3) is 0 Å². The molecule has 0 unspecified atom stereocenters. The molecular weight excluding hydrogens is 302 g/mol. The van der Waals surface area contributed by atoms with Crippen molar-refractivity contribution in [3.63, 3.8) is 0 Å². The first-order valence-electron chi connectivity index (χ1n) is 5.30. The molecule has 0 aliphatic heterocycles. The zero-order valence-electron chi connectivity index (χ0n) is 10.0. The van der Waals surface area contributed by atoms with Crippen LogP contribution in [-0.2, 0) is 9.53 Å². The molecule has 0 radical (unpaired) electrons. The molecule has 6 heteroatoms. The van der Waals surface area contributed by atoms with Gasteiger partial charge < -0.3 is 14.1 Å². The van der Waals surface area contributed by atoms with Crippen LogP contribution in [-0.4, -0.2) is 37.0 Å². The lowest BCUT2D eigenvalue weighted by Gasteiger charge is -2.19. The Bertz CT molecular complexity index is 441. The third kappa shape index (κ3) is 4.03. The maximum atomic E-state index is 12.1. The normalized spacial score (nSPS) is 9.89. The molecule has 18 heavy (non-hydrogen) atoms. The minimum Gasteiger partial charge on any atom is -0.469 e. The summed E-state index contributed by atoms with van der Waals surface area (Å²) in [5.41, 5.74) is 0. The van der Waals surface area contributed by atoms with Crippen molar-refractivity contribution in [3.05, 3.63) is 35.2 Å². The predicted octanol–water partition coefficient (Wildman–Crippen LogP) is 2.23. The molecule has 5 nitrogen and oxygen atoms in total. The number of hydrogen-bond acceptors (Lipinski definition) is 4. The molecule has 0 aliphatic carbocycles. The molecule has 0 N–H and O–H groups in total. The van der Waals surface area contributed by atoms with E-state index in [1.54, 1.807) is 18.2 Å². The summed E-state index contributed by atoms with van der Waals surface area (Å²) in [5, 5.41) is 0. The van der Waals surface area contributed by atoms with Gasteiger partial charge in [-0.15, -0.1) is 6.58 Å². The highest BCUT2D eigenvalue weighted by Gasteiger charge is 2.19. The largest absolute Gasteiger partial charge is 0.469 e. The van der Waals surface area contributed by atoms with Crippen LogP contribution in [0.1, 0.15) is 17.0 Å². The van der Waals surface area contributed by atoms with Gasteiger partial charge in [0.1, 0.15) is 0 Å². The monoisotopic (exact) mass is 315 g/mol. The Morgan fingerprint density at radius 3 is 2.78 bits per heavy atom. The van der Waals surface area contributed by atoms with Gasteiger partial charge in [-0.25, -0.2) is 0 Å². The van der Waals surface area contributed by atoms with Crippen LogP contribution >= 0.6 is 15.9 Å². The Balaban J connectivity index is 2.68. The fraction of sp³-hybridized carbons (Fsp3) is 0.333. The van der Waals surface area contributed by atoms with E-state index < -0.39 is 0 Å². The number of methoxy groups -OCH3 is 1. The molecule has 1 aromatic heterocycles. The average Bonchev–Trinajstić information content (AvgIpc) is 2.79. The zero-order valence-corrected chi connectivity index (χ0v) is 11.6. The van der Waals surface area contributed by atoms with Gasteiger partial charge in [-0.2, -0.15) is 0 Å². The van der Waals surface area contributed by atoms with E-state index in [9.17, 15) is 9.59 Å². The number of ether oxygens (including phenoxy) is 1. The third-order valence-corrected chi connectivity index (χ3v) is 2.66. The van der Waals surface area contributed by atoms with Crippen LogP contribution < -0.4 is 0 Å². The molecule has 0 aliphatic rings. The molecule has 1 amide bonds. The van der Waals surface area contributed by atoms with Crippen molar-refractivity contribution in [2.24, 2.45) is 0 Å². The first kappa shape index (κ1) is 14.5. The minimum atomic E-state index is -0.363. The van der Waals surface area contributed by atoms with E-state index in [2.05, 4.69) is 27.2 Å². The topological polar surface area (TPSA) is 59.8 Å². The van der Waals surface area contributed by atoms with Crippen LogP contribution in [0.4, 0.5) is 0 Å². The summed E-state index contributed by atoms with van der Waals surface area (Å²) in [7, 11) is 1.31. The average molecular weight is 316 g/mol. The molecule has 0 bridgehead atoms. The van der Waals surface area contributed by atoms with Gasteiger partial charge in [-0.05, 0) is 28.1 Å². The van der Waals surface area contributed by atoms with Crippen LogP contribution in [0.3, 0.4) is 0 Å². The van der Waals surface area contributed by atoms with Gasteiger partial charge in [0.2, 0.25) is 0 Å². The van der Waals surface area contributed by atoms with E-state index in [0.29, 0.717) is 11.2 Å². The van der Waals surface area contributed by atoms with Crippen molar-refractivity contribution in [2.45, 2.75) is 6.42 Å². The van der Waals surface area contributed by atoms with Gasteiger partial charge in [0.15, 0.2) is 10.4 Å². The third-order valence-electron chi connectivity index (χ3n) is 2.23. The minimum absolute atomic E-state index is 0.137. The van der Waals surface area contributed by atoms with Gasteiger partial charge >= 0.3 is 5.97 Å². The molecule has 0 fully saturated rings. The fourth-order valence-electron chi connectivity index (χ4n) is 1.34. The molecule has 0 aromatic carbocycles. The van der Waals surface area contributed by atoms with E-state index >= 15 is 0 Å². The van der Waals surface area contributed by atoms with E-state index in [0.717, 1.165) is 0 Å². The first-order valence-corrected chi connectivity index (χ1v) is 6.10. The van der Waals surface area contributed by atoms with Crippen LogP contribution in [0.5, 0.6) is 0 Å². The molecule has 0 atom stereocenters. The summed E-state index contributed by atoms with van der Waals surface area (Å²) in [5.74, 6) is -0.435. The second kappa shape index (κ2) is 7.00. The molecule has 0 saturated heterocycles. The van der Waals surface area contributed by atoms with Crippen LogP contribution in [0.15, 0.2) is 33.9 Å². The Labute approximate surface area is 114 Å². The molecule has 98 valence electrons. The second-order valence-corrected chi connectivity index (χ2v) is 4.25. The summed E-state index contributed by atoms with van der Waals surface area (Å²) in [6, 6.07) is 3.21. The molecule has 1 rings (SSSR count). The number of rotatable bonds is 6. The smallest absolute Gasteiger partial charge is 0.307 e. The number of amides is 1. The van der Waals surface area contributed by atoms with Crippen molar-refractivity contribution >= 4 is 27.8 Å². The van der Waals surface area contributed by atoms with E-state index in [1.165, 1.54) is 12.0 Å². The number of carbonyl (C=O) groups is 2. The Morgan fingerprint density at radius 2 is 2.28 bits per heavy atom. The number of halogens is 1. The maximum Gasteiger partial charge on any atom is 0.307 e. The fourth-order valence-corrected chi connectivity index (χ4v) is 1.65. The lowest BCUT2D eigenvalue weighted by atomic mass is 10.3. The second-order valence-electron chi connectivity index (χ2n) is 3.47. The van der Waals surface area contributed by atoms with Crippen molar-refractivity contribution in [3.8, 4) is 0 Å². The van der Waals surface area contributed by atoms with Gasteiger partial charge in [-0.3, -0.25) is 9.59 Å². The maximum absolute atomic E-state index is 12.1. The summed E-state index contributed by atoms with van der Waals surface area (Å²) in [6.45, 7) is 4.18. The highest BCUT2D eigenvalue weighted by molar-refractivity contribution is 9.10. The Morgan fingerprint density at radius 1 is 1.56 bits per heavy atom. The number of nitrogens with zero attached hydrogens (tertiary/aromatic N) is 1. The standard InChI is InChI=1S/C12H14BrNO4/c1-3-7-14(8-6-11(15)17-2)12(16)9-4-5-10(13)18-9/h3-5H,1,6-8H2,2H3. The summed E-state index contributed by atoms with van der Waals surface area (Å²) in [4.78, 5) is 24.6. The molecular formula is C12H14BrNO4. The molecule has 0 saturated carbocycles. The van der Waals surface area contributed by atoms with Gasteiger partial charge in [-0.1, -0.05) is 6.08 Å². The first-order chi connectivity index (χ1) is 8.58. The molecule has 0 spiro atoms. The van der Waals surface area contributed by atoms with Crippen molar-refractivity contribution in [1.29, 1.82) is 0 Å². The van der Waals surface area contributed by atoms with E-state index in [4.69, 9.17) is 4.42 Å². The summed E-state index contributed by atoms with van der Waals surface area (Å²) >= 11 is 3.13. The number of hydrogen-bond donors (Lipinski definition) is 0. The SMILES string of the molecule is C=CCN(CCC(=O)OC)C(=O)c1ccc(Br)o1. The lowest BCUT2D eigenvalue weighted by Crippen LogP contribution is -2.33. The number of furan rings is 1. The highest BCUT2D eigenvalue weighted by Crippen LogP contribution is 2.16. The van der Waals surface area contributed by atoms with Crippen LogP contribution in [0.2, 0.25) is 0 Å². The predicted molar refractivity (Wildman–Crippen MR) is 69.1 cm³/mol. The van der Waals surface area contributed by atoms with Crippen LogP contribution in [0, 0.1) is 0 Å². The van der Waals surface area contributed by atoms with Gasteiger partial charge in [0, 0.05) is 13.1 Å². The van der Waals surface area contributed by atoms with E-state index in [1.807, 2.05) is 0 Å². The zero-order chi connectivity index (χ0) is 13.5. The van der Waals surface area contributed by atoms with Gasteiger partial charge in [0.25, 0.3) is 5.91 Å². The van der Waals surface area contributed by atoms with Gasteiger partial charge in [0.05, 0.1) is 13.5 Å². The Kier molecular flexibility index (Phi) is 5.64. The number of carbonyl (C=O) groups excluding carboxylic acids is 2. The number of esters is 1.